The third kappa shape index (κ3) is 7.21. The van der Waals surface area contributed by atoms with E-state index < -0.39 is 28.5 Å². The van der Waals surface area contributed by atoms with Gasteiger partial charge < -0.3 is 19.7 Å². The predicted octanol–water partition coefficient (Wildman–Crippen LogP) is 4.21. The van der Waals surface area contributed by atoms with E-state index in [-0.39, 0.29) is 31.0 Å². The molecule has 9 nitrogen and oxygen atoms in total. The molecule has 0 saturated heterocycles. The van der Waals surface area contributed by atoms with Crippen LogP contribution in [-0.2, 0) is 26.2 Å². The van der Waals surface area contributed by atoms with Gasteiger partial charge in [-0.2, -0.15) is 0 Å². The van der Waals surface area contributed by atoms with Crippen molar-refractivity contribution in [1.82, 2.24) is 10.2 Å². The molecule has 0 spiro atoms. The van der Waals surface area contributed by atoms with Crippen LogP contribution in [0.2, 0.25) is 10.0 Å². The van der Waals surface area contributed by atoms with Crippen LogP contribution in [-0.4, -0.2) is 56.8 Å². The molecule has 0 radical (unpaired) electrons. The summed E-state index contributed by atoms with van der Waals surface area (Å²) in [6.45, 7) is 5.08. The number of benzene rings is 2. The number of hydrogen-bond acceptors (Lipinski definition) is 6. The van der Waals surface area contributed by atoms with Gasteiger partial charge >= 0.3 is 0 Å². The molecule has 202 valence electrons. The molecule has 2 aromatic rings. The van der Waals surface area contributed by atoms with Crippen LogP contribution in [0.3, 0.4) is 0 Å². The van der Waals surface area contributed by atoms with Crippen LogP contribution in [0.15, 0.2) is 36.4 Å². The molecule has 0 aliphatic carbocycles. The Morgan fingerprint density at radius 1 is 1.05 bits per heavy atom. The monoisotopic (exact) mass is 571 g/mol. The van der Waals surface area contributed by atoms with Crippen molar-refractivity contribution in [3.63, 3.8) is 0 Å². The summed E-state index contributed by atoms with van der Waals surface area (Å²) in [5, 5.41) is 3.68. The van der Waals surface area contributed by atoms with Crippen LogP contribution in [0.25, 0.3) is 0 Å². The standard InChI is InChI=1S/C25H31Cl2N3O6S/c1-5-16(3)28-25(32)21(6-2)29(13-17-7-8-18(26)11-20(17)27)24(31)14-30(37(4,33)34)19-9-10-22-23(12-19)36-15-35-22/h7-12,16,21H,5-6,13-15H2,1-4H3,(H,28,32)/t16-,21+/m0/s1. The first-order valence-electron chi connectivity index (χ1n) is 11.9. The molecule has 37 heavy (non-hydrogen) atoms. The minimum absolute atomic E-state index is 0.0139. The van der Waals surface area contributed by atoms with Crippen molar-refractivity contribution in [2.24, 2.45) is 0 Å². The second kappa shape index (κ2) is 12.2. The van der Waals surface area contributed by atoms with E-state index >= 15 is 0 Å². The quantitative estimate of drug-likeness (QED) is 0.433. The third-order valence-electron chi connectivity index (χ3n) is 6.07. The van der Waals surface area contributed by atoms with E-state index in [0.717, 1.165) is 10.6 Å². The highest BCUT2D eigenvalue weighted by Crippen LogP contribution is 2.36. The summed E-state index contributed by atoms with van der Waals surface area (Å²) in [6, 6.07) is 8.54. The molecule has 0 bridgehead atoms. The maximum atomic E-state index is 13.8. The zero-order valence-electron chi connectivity index (χ0n) is 21.2. The topological polar surface area (TPSA) is 105 Å². The van der Waals surface area contributed by atoms with Gasteiger partial charge in [-0.3, -0.25) is 13.9 Å². The predicted molar refractivity (Wildman–Crippen MR) is 144 cm³/mol. The second-order valence-corrected chi connectivity index (χ2v) is 11.6. The number of carbonyl (C=O) groups excluding carboxylic acids is 2. The number of rotatable bonds is 11. The van der Waals surface area contributed by atoms with Crippen LogP contribution >= 0.6 is 23.2 Å². The van der Waals surface area contributed by atoms with Crippen molar-refractivity contribution >= 4 is 50.7 Å². The first-order valence-corrected chi connectivity index (χ1v) is 14.5. The van der Waals surface area contributed by atoms with Crippen LogP contribution in [0.1, 0.15) is 39.2 Å². The van der Waals surface area contributed by atoms with Crippen molar-refractivity contribution in [1.29, 1.82) is 0 Å². The molecule has 1 aliphatic heterocycles. The maximum Gasteiger partial charge on any atom is 0.244 e. The Labute approximate surface area is 227 Å². The third-order valence-corrected chi connectivity index (χ3v) is 7.79. The average Bonchev–Trinajstić information content (AvgIpc) is 3.30. The number of nitrogens with zero attached hydrogens (tertiary/aromatic N) is 2. The lowest BCUT2D eigenvalue weighted by molar-refractivity contribution is -0.140. The zero-order valence-corrected chi connectivity index (χ0v) is 23.5. The molecular formula is C25H31Cl2N3O6S. The van der Waals surface area contributed by atoms with Gasteiger partial charge in [0.2, 0.25) is 28.6 Å². The van der Waals surface area contributed by atoms with Gasteiger partial charge in [-0.25, -0.2) is 8.42 Å². The Kier molecular flexibility index (Phi) is 9.55. The Morgan fingerprint density at radius 3 is 2.38 bits per heavy atom. The molecule has 2 atom stereocenters. The van der Waals surface area contributed by atoms with Crippen molar-refractivity contribution in [3.05, 3.63) is 52.0 Å². The summed E-state index contributed by atoms with van der Waals surface area (Å²) in [7, 11) is -3.88. The Bertz CT molecular complexity index is 1260. The molecule has 0 fully saturated rings. The fourth-order valence-electron chi connectivity index (χ4n) is 3.85. The fraction of sp³-hybridized carbons (Fsp3) is 0.440. The van der Waals surface area contributed by atoms with Gasteiger partial charge in [-0.15, -0.1) is 0 Å². The van der Waals surface area contributed by atoms with Crippen LogP contribution < -0.4 is 19.1 Å². The summed E-state index contributed by atoms with van der Waals surface area (Å²) in [4.78, 5) is 28.3. The van der Waals surface area contributed by atoms with Crippen molar-refractivity contribution in [3.8, 4) is 11.5 Å². The maximum absolute atomic E-state index is 13.8. The number of sulfonamides is 1. The lowest BCUT2D eigenvalue weighted by atomic mass is 10.1. The first-order chi connectivity index (χ1) is 17.4. The largest absolute Gasteiger partial charge is 0.454 e. The summed E-state index contributed by atoms with van der Waals surface area (Å²) < 4.78 is 37.2. The number of hydrogen-bond donors (Lipinski definition) is 1. The van der Waals surface area contributed by atoms with E-state index in [2.05, 4.69) is 5.32 Å². The van der Waals surface area contributed by atoms with Crippen molar-refractivity contribution < 1.29 is 27.5 Å². The van der Waals surface area contributed by atoms with Gasteiger partial charge in [0, 0.05) is 28.7 Å². The van der Waals surface area contributed by atoms with Crippen molar-refractivity contribution in [2.75, 3.05) is 23.9 Å². The number of carbonyl (C=O) groups is 2. The number of halogens is 2. The summed E-state index contributed by atoms with van der Waals surface area (Å²) in [5.74, 6) is -0.0393. The molecule has 1 N–H and O–H groups in total. The van der Waals surface area contributed by atoms with E-state index in [1.807, 2.05) is 13.8 Å². The Morgan fingerprint density at radius 2 is 1.76 bits per heavy atom. The highest BCUT2D eigenvalue weighted by molar-refractivity contribution is 7.92. The van der Waals surface area contributed by atoms with Gasteiger partial charge in [0.05, 0.1) is 11.9 Å². The van der Waals surface area contributed by atoms with E-state index in [4.69, 9.17) is 32.7 Å². The molecule has 1 aliphatic rings. The zero-order chi connectivity index (χ0) is 27.3. The molecule has 0 saturated carbocycles. The molecule has 2 amide bonds. The van der Waals surface area contributed by atoms with Crippen molar-refractivity contribution in [2.45, 2.75) is 52.2 Å². The lowest BCUT2D eigenvalue weighted by Gasteiger charge is -2.33. The summed E-state index contributed by atoms with van der Waals surface area (Å²) in [6.07, 6.45) is 2.03. The molecule has 2 aromatic carbocycles. The van der Waals surface area contributed by atoms with Crippen LogP contribution in [0.5, 0.6) is 11.5 Å². The molecule has 0 unspecified atom stereocenters. The van der Waals surface area contributed by atoms with Gasteiger partial charge in [-0.1, -0.05) is 43.1 Å². The van der Waals surface area contributed by atoms with Gasteiger partial charge in [0.1, 0.15) is 12.6 Å². The van der Waals surface area contributed by atoms with Gasteiger partial charge in [0.25, 0.3) is 0 Å². The normalized spacial score (nSPS) is 14.1. The Hall–Kier alpha value is -2.69. The average molecular weight is 573 g/mol. The van der Waals surface area contributed by atoms with E-state index in [1.54, 1.807) is 31.2 Å². The number of ether oxygens (including phenoxy) is 2. The van der Waals surface area contributed by atoms with Gasteiger partial charge in [-0.05, 0) is 49.6 Å². The van der Waals surface area contributed by atoms with Gasteiger partial charge in [0.15, 0.2) is 11.5 Å². The fourth-order valence-corrected chi connectivity index (χ4v) is 5.16. The van der Waals surface area contributed by atoms with Crippen LogP contribution in [0.4, 0.5) is 5.69 Å². The number of nitrogens with one attached hydrogen (secondary N) is 1. The molecular weight excluding hydrogens is 541 g/mol. The SMILES string of the molecule is CC[C@H](C(=O)N[C@@H](C)CC)N(Cc1ccc(Cl)cc1Cl)C(=O)CN(c1ccc2c(c1)OCO2)S(C)(=O)=O. The number of anilines is 1. The van der Waals surface area contributed by atoms with Crippen LogP contribution in [0, 0.1) is 0 Å². The smallest absolute Gasteiger partial charge is 0.244 e. The minimum atomic E-state index is -3.88. The Balaban J connectivity index is 1.97. The minimum Gasteiger partial charge on any atom is -0.454 e. The highest BCUT2D eigenvalue weighted by atomic mass is 35.5. The highest BCUT2D eigenvalue weighted by Gasteiger charge is 2.33. The summed E-state index contributed by atoms with van der Waals surface area (Å²) >= 11 is 12.4. The second-order valence-electron chi connectivity index (χ2n) is 8.81. The van der Waals surface area contributed by atoms with E-state index in [0.29, 0.717) is 39.9 Å². The lowest BCUT2D eigenvalue weighted by Crippen LogP contribution is -2.53. The number of fused-ring (bicyclic) bond motifs is 1. The number of amides is 2. The molecule has 0 aromatic heterocycles. The first kappa shape index (κ1) is 28.9. The summed E-state index contributed by atoms with van der Waals surface area (Å²) in [5.41, 5.74) is 0.810. The van der Waals surface area contributed by atoms with E-state index in [1.165, 1.54) is 17.0 Å². The molecule has 1 heterocycles. The molecule has 3 rings (SSSR count). The molecule has 12 heteroatoms. The van der Waals surface area contributed by atoms with E-state index in [9.17, 15) is 18.0 Å².